The Balaban J connectivity index is 1.60. The van der Waals surface area contributed by atoms with E-state index in [1.165, 1.54) is 109 Å². The third-order valence-electron chi connectivity index (χ3n) is 9.83. The van der Waals surface area contributed by atoms with Gasteiger partial charge in [0, 0.05) is 0 Å². The summed E-state index contributed by atoms with van der Waals surface area (Å²) in [6, 6.07) is 9.61. The number of aryl methyl sites for hydroxylation is 1. The molecule has 0 saturated heterocycles. The fourth-order valence-corrected chi connectivity index (χ4v) is 8.10. The minimum Gasteiger partial charge on any atom is -0.179 e. The van der Waals surface area contributed by atoms with Crippen molar-refractivity contribution >= 4 is 12.6 Å². The van der Waals surface area contributed by atoms with Crippen LogP contribution in [0.3, 0.4) is 0 Å². The molecule has 0 spiro atoms. The Labute approximate surface area is 231 Å². The zero-order valence-electron chi connectivity index (χ0n) is 24.5. The van der Waals surface area contributed by atoms with Crippen LogP contribution in [0.5, 0.6) is 0 Å². The van der Waals surface area contributed by atoms with E-state index in [1.807, 2.05) is 0 Å². The lowest BCUT2D eigenvalue weighted by molar-refractivity contribution is 0.111. The average Bonchev–Trinajstić information content (AvgIpc) is 2.86. The summed E-state index contributed by atoms with van der Waals surface area (Å²) in [6.45, 7) is 9.70. The largest absolute Gasteiger partial charge is 0.179 e. The van der Waals surface area contributed by atoms with Gasteiger partial charge in [0.2, 0.25) is 0 Å². The molecule has 0 nitrogen and oxygen atoms in total. The lowest BCUT2D eigenvalue weighted by Gasteiger charge is -2.40. The number of benzene rings is 1. The van der Waals surface area contributed by atoms with Crippen LogP contribution in [-0.2, 0) is 12.8 Å². The Morgan fingerprint density at radius 3 is 2.36 bits per heavy atom. The molecule has 2 fully saturated rings. The molecular weight excluding hydrogens is 452 g/mol. The second kappa shape index (κ2) is 16.5. The van der Waals surface area contributed by atoms with Crippen LogP contribution in [0.2, 0.25) is 0 Å². The van der Waals surface area contributed by atoms with E-state index < -0.39 is 0 Å². The second-order valence-corrected chi connectivity index (χ2v) is 14.1. The fourth-order valence-electron chi connectivity index (χ4n) is 7.88. The maximum Gasteiger partial charge on any atom is -0.00979 e. The molecule has 206 valence electrons. The van der Waals surface area contributed by atoms with Crippen LogP contribution in [0.25, 0.3) is 0 Å². The van der Waals surface area contributed by atoms with E-state index in [-0.39, 0.29) is 0 Å². The molecule has 1 heteroatoms. The summed E-state index contributed by atoms with van der Waals surface area (Å²) >= 11 is 4.41. The average molecular weight is 513 g/mol. The molecule has 0 amide bonds. The summed E-state index contributed by atoms with van der Waals surface area (Å²) < 4.78 is 0. The van der Waals surface area contributed by atoms with Gasteiger partial charge in [-0.1, -0.05) is 110 Å². The summed E-state index contributed by atoms with van der Waals surface area (Å²) in [5, 5.41) is 0. The lowest BCUT2D eigenvalue weighted by Crippen LogP contribution is -2.30. The molecule has 2 aliphatic rings. The zero-order chi connectivity index (χ0) is 25.8. The van der Waals surface area contributed by atoms with Crippen molar-refractivity contribution < 1.29 is 0 Å². The van der Waals surface area contributed by atoms with Gasteiger partial charge in [-0.2, -0.15) is 12.6 Å². The van der Waals surface area contributed by atoms with Crippen molar-refractivity contribution in [1.82, 2.24) is 0 Å². The first-order chi connectivity index (χ1) is 17.5. The monoisotopic (exact) mass is 512 g/mol. The summed E-state index contributed by atoms with van der Waals surface area (Å²) in [7, 11) is 0. The third-order valence-corrected chi connectivity index (χ3v) is 10.1. The summed E-state index contributed by atoms with van der Waals surface area (Å²) in [5.74, 6) is 7.66. The Bertz CT molecular complexity index is 708. The quantitative estimate of drug-likeness (QED) is 0.175. The molecule has 0 radical (unpaired) electrons. The van der Waals surface area contributed by atoms with Crippen LogP contribution in [0, 0.1) is 41.4 Å². The first-order valence-electron chi connectivity index (χ1n) is 16.1. The van der Waals surface area contributed by atoms with Gasteiger partial charge in [0.05, 0.1) is 0 Å². The topological polar surface area (TPSA) is 0 Å². The third kappa shape index (κ3) is 10.7. The maximum absolute atomic E-state index is 4.41. The molecule has 1 aromatic rings. The normalized spacial score (nSPS) is 27.9. The summed E-state index contributed by atoms with van der Waals surface area (Å²) in [4.78, 5) is 0. The van der Waals surface area contributed by atoms with Gasteiger partial charge in [-0.05, 0) is 110 Å². The van der Waals surface area contributed by atoms with E-state index in [4.69, 9.17) is 0 Å². The van der Waals surface area contributed by atoms with E-state index >= 15 is 0 Å². The SMILES string of the molecule is CCCc1cccc(CC2CC(CC3CCCC(CCCCCS)C3)CC(C(C)CCC(C)C)C2)c1. The number of hydrogen-bond donors (Lipinski definition) is 1. The van der Waals surface area contributed by atoms with Gasteiger partial charge in [0.1, 0.15) is 0 Å². The smallest absolute Gasteiger partial charge is 0.00979 e. The Morgan fingerprint density at radius 1 is 0.833 bits per heavy atom. The highest BCUT2D eigenvalue weighted by Crippen LogP contribution is 2.45. The standard InChI is InChI=1S/C35H60S/c1-5-11-29-13-9-15-31(20-29)22-33-24-34(26-35(25-33)28(4)18-17-27(2)3)23-32-16-10-14-30(21-32)12-7-6-8-19-36/h9,13,15,20,27-28,30,32-36H,5-8,10-12,14,16-19,21-26H2,1-4H3. The molecule has 0 bridgehead atoms. The predicted molar refractivity (Wildman–Crippen MR) is 164 cm³/mol. The molecule has 0 heterocycles. The molecule has 2 aliphatic carbocycles. The highest BCUT2D eigenvalue weighted by atomic mass is 32.1. The van der Waals surface area contributed by atoms with Crippen LogP contribution >= 0.6 is 12.6 Å². The fraction of sp³-hybridized carbons (Fsp3) is 0.829. The first-order valence-corrected chi connectivity index (χ1v) is 16.8. The van der Waals surface area contributed by atoms with Gasteiger partial charge < -0.3 is 0 Å². The molecule has 1 aromatic carbocycles. The van der Waals surface area contributed by atoms with Crippen LogP contribution in [0.1, 0.15) is 135 Å². The van der Waals surface area contributed by atoms with Crippen LogP contribution < -0.4 is 0 Å². The Morgan fingerprint density at radius 2 is 1.58 bits per heavy atom. The molecule has 36 heavy (non-hydrogen) atoms. The van der Waals surface area contributed by atoms with Crippen molar-refractivity contribution in [2.75, 3.05) is 5.75 Å². The molecular formula is C35H60S. The van der Waals surface area contributed by atoms with Gasteiger partial charge in [0.15, 0.2) is 0 Å². The van der Waals surface area contributed by atoms with Crippen molar-refractivity contribution in [1.29, 1.82) is 0 Å². The Kier molecular flexibility index (Phi) is 13.8. The zero-order valence-corrected chi connectivity index (χ0v) is 25.4. The van der Waals surface area contributed by atoms with Crippen molar-refractivity contribution in [2.45, 2.75) is 137 Å². The van der Waals surface area contributed by atoms with Crippen molar-refractivity contribution in [3.8, 4) is 0 Å². The summed E-state index contributed by atoms with van der Waals surface area (Å²) in [6.07, 6.45) is 24.4. The van der Waals surface area contributed by atoms with E-state index in [1.54, 1.807) is 11.1 Å². The van der Waals surface area contributed by atoms with Gasteiger partial charge in [-0.25, -0.2) is 0 Å². The van der Waals surface area contributed by atoms with Crippen molar-refractivity contribution in [2.24, 2.45) is 41.4 Å². The van der Waals surface area contributed by atoms with E-state index in [9.17, 15) is 0 Å². The van der Waals surface area contributed by atoms with Crippen molar-refractivity contribution in [3.05, 3.63) is 35.4 Å². The molecule has 2 saturated carbocycles. The number of thiol groups is 1. The summed E-state index contributed by atoms with van der Waals surface area (Å²) in [5.41, 5.74) is 3.16. The minimum absolute atomic E-state index is 0.843. The van der Waals surface area contributed by atoms with Crippen molar-refractivity contribution in [3.63, 3.8) is 0 Å². The predicted octanol–water partition coefficient (Wildman–Crippen LogP) is 11.0. The number of hydrogen-bond acceptors (Lipinski definition) is 1. The highest BCUT2D eigenvalue weighted by molar-refractivity contribution is 7.80. The van der Waals surface area contributed by atoms with Gasteiger partial charge in [0.25, 0.3) is 0 Å². The molecule has 0 aliphatic heterocycles. The molecule has 6 atom stereocenters. The molecule has 3 rings (SSSR count). The van der Waals surface area contributed by atoms with Gasteiger partial charge in [-0.15, -0.1) is 0 Å². The van der Waals surface area contributed by atoms with Crippen LogP contribution in [-0.4, -0.2) is 5.75 Å². The minimum atomic E-state index is 0.843. The van der Waals surface area contributed by atoms with Crippen LogP contribution in [0.15, 0.2) is 24.3 Å². The van der Waals surface area contributed by atoms with E-state index in [2.05, 4.69) is 64.6 Å². The maximum atomic E-state index is 4.41. The Hall–Kier alpha value is -0.430. The molecule has 0 aromatic heterocycles. The lowest BCUT2D eigenvalue weighted by atomic mass is 9.65. The highest BCUT2D eigenvalue weighted by Gasteiger charge is 2.34. The molecule has 0 N–H and O–H groups in total. The first kappa shape index (κ1) is 30.1. The van der Waals surface area contributed by atoms with Gasteiger partial charge >= 0.3 is 0 Å². The molecule has 6 unspecified atom stereocenters. The van der Waals surface area contributed by atoms with E-state index in [0.717, 1.165) is 47.2 Å². The van der Waals surface area contributed by atoms with Crippen LogP contribution in [0.4, 0.5) is 0 Å². The number of rotatable bonds is 15. The van der Waals surface area contributed by atoms with Gasteiger partial charge in [-0.3, -0.25) is 0 Å². The number of unbranched alkanes of at least 4 members (excludes halogenated alkanes) is 2. The second-order valence-electron chi connectivity index (χ2n) is 13.6. The van der Waals surface area contributed by atoms with E-state index in [0.29, 0.717) is 0 Å².